The average molecular weight is 835 g/mol. The molecule has 0 spiro atoms. The Morgan fingerprint density at radius 3 is 1.67 bits per heavy atom. The van der Waals surface area contributed by atoms with Crippen molar-refractivity contribution in [2.75, 3.05) is 11.9 Å². The van der Waals surface area contributed by atoms with E-state index < -0.39 is 0 Å². The molecule has 304 valence electrons. The average Bonchev–Trinajstić information content (AvgIpc) is 3.89. The predicted molar refractivity (Wildman–Crippen MR) is 280 cm³/mol. The first kappa shape index (κ1) is 35.8. The van der Waals surface area contributed by atoms with Crippen molar-refractivity contribution in [3.63, 3.8) is 0 Å². The molecule has 2 heterocycles. The zero-order valence-electron chi connectivity index (χ0n) is 35.9. The molecule has 12 aromatic rings. The summed E-state index contributed by atoms with van der Waals surface area (Å²) in [5, 5.41) is 15.1. The number of rotatable bonds is 4. The van der Waals surface area contributed by atoms with E-state index in [2.05, 4.69) is 212 Å². The molecule has 0 fully saturated rings. The zero-order chi connectivity index (χ0) is 43.0. The minimum atomic E-state index is 0.761. The second-order valence-electron chi connectivity index (χ2n) is 18.1. The van der Waals surface area contributed by atoms with Gasteiger partial charge < -0.3 is 5.32 Å². The van der Waals surface area contributed by atoms with Crippen molar-refractivity contribution in [2.45, 2.75) is 0 Å². The van der Waals surface area contributed by atoms with Gasteiger partial charge in [-0.05, 0) is 152 Å². The highest BCUT2D eigenvalue weighted by Crippen LogP contribution is 2.58. The summed E-state index contributed by atoms with van der Waals surface area (Å²) in [6.07, 6.45) is 6.53. The molecule has 0 saturated heterocycles. The lowest BCUT2D eigenvalue weighted by molar-refractivity contribution is 1.32. The Kier molecular flexibility index (Phi) is 7.31. The fourth-order valence-electron chi connectivity index (χ4n) is 12.0. The number of pyridine rings is 1. The molecule has 2 aliphatic carbocycles. The summed E-state index contributed by atoms with van der Waals surface area (Å²) in [6, 6.07) is 72.5. The molecular formula is C64H38N2. The Morgan fingerprint density at radius 1 is 0.348 bits per heavy atom. The normalized spacial score (nSPS) is 12.8. The first-order valence-corrected chi connectivity index (χ1v) is 23.0. The molecule has 1 aliphatic heterocycles. The van der Waals surface area contributed by atoms with Crippen LogP contribution in [0.25, 0.3) is 149 Å². The third-order valence-electron chi connectivity index (χ3n) is 14.7. The van der Waals surface area contributed by atoms with Gasteiger partial charge in [0.05, 0.1) is 11.2 Å². The number of hydrogen-bond donors (Lipinski definition) is 1. The van der Waals surface area contributed by atoms with Gasteiger partial charge in [0.2, 0.25) is 0 Å². The summed E-state index contributed by atoms with van der Waals surface area (Å²) in [5.74, 6) is 0. The summed E-state index contributed by atoms with van der Waals surface area (Å²) < 4.78 is 0. The number of aromatic nitrogens is 1. The topological polar surface area (TPSA) is 24.9 Å². The van der Waals surface area contributed by atoms with Crippen LogP contribution in [-0.2, 0) is 0 Å². The van der Waals surface area contributed by atoms with E-state index in [0.717, 1.165) is 28.5 Å². The Balaban J connectivity index is 0.998. The van der Waals surface area contributed by atoms with Crippen molar-refractivity contribution in [2.24, 2.45) is 0 Å². The maximum Gasteiger partial charge on any atom is 0.0787 e. The fourth-order valence-corrected chi connectivity index (χ4v) is 12.0. The van der Waals surface area contributed by atoms with Gasteiger partial charge in [-0.15, -0.1) is 0 Å². The third kappa shape index (κ3) is 4.88. The van der Waals surface area contributed by atoms with Crippen molar-refractivity contribution >= 4 is 65.8 Å². The number of nitrogens with zero attached hydrogens (tertiary/aromatic N) is 1. The van der Waals surface area contributed by atoms with E-state index in [4.69, 9.17) is 4.98 Å². The second-order valence-corrected chi connectivity index (χ2v) is 18.1. The van der Waals surface area contributed by atoms with E-state index in [9.17, 15) is 0 Å². The van der Waals surface area contributed by atoms with Crippen molar-refractivity contribution in [1.29, 1.82) is 0 Å². The zero-order valence-corrected chi connectivity index (χ0v) is 35.9. The molecule has 3 aliphatic rings. The molecule has 2 heteroatoms. The van der Waals surface area contributed by atoms with Crippen LogP contribution in [0.15, 0.2) is 206 Å². The maximum atomic E-state index is 5.20. The summed E-state index contributed by atoms with van der Waals surface area (Å²) in [7, 11) is 0. The Morgan fingerprint density at radius 2 is 0.955 bits per heavy atom. The summed E-state index contributed by atoms with van der Waals surface area (Å²) in [6.45, 7) is 0.761. The highest BCUT2D eigenvalue weighted by Gasteiger charge is 2.31. The van der Waals surface area contributed by atoms with Crippen LogP contribution < -0.4 is 5.32 Å². The third-order valence-corrected chi connectivity index (χ3v) is 14.7. The second kappa shape index (κ2) is 13.5. The van der Waals surface area contributed by atoms with E-state index in [1.54, 1.807) is 0 Å². The van der Waals surface area contributed by atoms with Crippen molar-refractivity contribution in [1.82, 2.24) is 4.98 Å². The standard InChI is InChI=1S/C64H38N2/c1-3-13-39(14-4-1)59-46-30-28-42(34-54(46)60(40-15-5-2-6-16-40)62-50-24-10-20-38-19-9-23-49(58(38)50)61(59)62)52-36-56-55(64-48(52)26-12-32-66-64)35-51(47-25-11-31-65-63(47)56)41-27-29-43-44-21-7-17-37-18-8-22-45(57(37)44)53(43)33-41/h1-31,33-36,66H,32H2. The van der Waals surface area contributed by atoms with E-state index in [-0.39, 0.29) is 0 Å². The SMILES string of the molecule is C1=Cc2c(-c3ccc4c(-c5ccccc5)c5c(c(-c6ccccc6)c4c3)-c3cccc4cccc-5c34)cc3c(cc(-c4ccc5c(c4)-c4cccc6cccc-5c46)c4cccnc43)c2NC1. The van der Waals surface area contributed by atoms with Gasteiger partial charge >= 0.3 is 0 Å². The number of nitrogens with one attached hydrogen (secondary N) is 1. The molecule has 0 atom stereocenters. The molecule has 0 bridgehead atoms. The van der Waals surface area contributed by atoms with Crippen molar-refractivity contribution < 1.29 is 0 Å². The number of anilines is 1. The Labute approximate surface area is 381 Å². The number of hydrogen-bond acceptors (Lipinski definition) is 2. The van der Waals surface area contributed by atoms with Gasteiger partial charge in [0, 0.05) is 34.5 Å². The van der Waals surface area contributed by atoms with Crippen LogP contribution in [0, 0.1) is 0 Å². The van der Waals surface area contributed by atoms with Crippen LogP contribution in [0.4, 0.5) is 5.69 Å². The van der Waals surface area contributed by atoms with Gasteiger partial charge in [-0.3, -0.25) is 4.98 Å². The number of fused-ring (bicyclic) bond motifs is 12. The van der Waals surface area contributed by atoms with Gasteiger partial charge in [-0.25, -0.2) is 0 Å². The molecule has 66 heavy (non-hydrogen) atoms. The Hall–Kier alpha value is -8.59. The monoisotopic (exact) mass is 834 g/mol. The maximum absolute atomic E-state index is 5.20. The van der Waals surface area contributed by atoms with Crippen molar-refractivity contribution in [3.8, 4) is 89.0 Å². The highest BCUT2D eigenvalue weighted by molar-refractivity contribution is 6.28. The highest BCUT2D eigenvalue weighted by atomic mass is 14.9. The lowest BCUT2D eigenvalue weighted by Crippen LogP contribution is -2.07. The van der Waals surface area contributed by atoms with Crippen LogP contribution in [-0.4, -0.2) is 11.5 Å². The molecular weight excluding hydrogens is 797 g/mol. The van der Waals surface area contributed by atoms with Crippen molar-refractivity contribution in [3.05, 3.63) is 212 Å². The first-order valence-electron chi connectivity index (χ1n) is 23.0. The fraction of sp³-hybridized carbons (Fsp3) is 0.0156. The molecule has 1 N–H and O–H groups in total. The van der Waals surface area contributed by atoms with E-state index in [1.165, 1.54) is 132 Å². The smallest absolute Gasteiger partial charge is 0.0787 e. The lowest BCUT2D eigenvalue weighted by Gasteiger charge is -2.23. The van der Waals surface area contributed by atoms with E-state index >= 15 is 0 Å². The van der Waals surface area contributed by atoms with Gasteiger partial charge in [-0.2, -0.15) is 0 Å². The summed E-state index contributed by atoms with van der Waals surface area (Å²) in [5.41, 5.74) is 23.6. The van der Waals surface area contributed by atoms with E-state index in [1.807, 2.05) is 6.20 Å². The minimum absolute atomic E-state index is 0.761. The minimum Gasteiger partial charge on any atom is -0.381 e. The first-order chi connectivity index (χ1) is 32.8. The number of benzene rings is 11. The lowest BCUT2D eigenvalue weighted by atomic mass is 9.81. The predicted octanol–water partition coefficient (Wildman–Crippen LogP) is 17.2. The molecule has 0 saturated carbocycles. The van der Waals surface area contributed by atoms with Gasteiger partial charge in [0.1, 0.15) is 0 Å². The molecule has 11 aromatic carbocycles. The van der Waals surface area contributed by atoms with Crippen LogP contribution in [0.1, 0.15) is 5.56 Å². The van der Waals surface area contributed by atoms with Crippen LogP contribution in [0.3, 0.4) is 0 Å². The molecule has 2 nitrogen and oxygen atoms in total. The molecule has 1 aromatic heterocycles. The quantitative estimate of drug-likeness (QED) is 0.179. The largest absolute Gasteiger partial charge is 0.381 e. The summed E-state index contributed by atoms with van der Waals surface area (Å²) >= 11 is 0. The van der Waals surface area contributed by atoms with Crippen LogP contribution in [0.2, 0.25) is 0 Å². The molecule has 0 unspecified atom stereocenters. The Bertz CT molecular complexity index is 4130. The molecule has 0 amide bonds. The van der Waals surface area contributed by atoms with Crippen LogP contribution in [0.5, 0.6) is 0 Å². The van der Waals surface area contributed by atoms with Gasteiger partial charge in [0.25, 0.3) is 0 Å². The van der Waals surface area contributed by atoms with Gasteiger partial charge in [-0.1, -0.05) is 176 Å². The summed E-state index contributed by atoms with van der Waals surface area (Å²) in [4.78, 5) is 5.20. The van der Waals surface area contributed by atoms with Gasteiger partial charge in [0.15, 0.2) is 0 Å². The van der Waals surface area contributed by atoms with Crippen LogP contribution >= 0.6 is 0 Å². The van der Waals surface area contributed by atoms with E-state index in [0.29, 0.717) is 0 Å². The molecule has 0 radical (unpaired) electrons. The molecule has 15 rings (SSSR count).